The first-order chi connectivity index (χ1) is 9.65. The van der Waals surface area contributed by atoms with E-state index < -0.39 is 0 Å². The second-order valence-electron chi connectivity index (χ2n) is 4.74. The molecule has 2 rings (SSSR count). The molecule has 1 atom stereocenters. The quantitative estimate of drug-likeness (QED) is 0.651. The van der Waals surface area contributed by atoms with Crippen molar-refractivity contribution in [3.63, 3.8) is 0 Å². The predicted octanol–water partition coefficient (Wildman–Crippen LogP) is 2.89. The number of benzene rings is 2. The summed E-state index contributed by atoms with van der Waals surface area (Å²) in [5, 5.41) is 0. The number of rotatable bonds is 5. The third kappa shape index (κ3) is 3.15. The topological polar surface area (TPSA) is 47.3 Å². The van der Waals surface area contributed by atoms with Crippen LogP contribution in [0.3, 0.4) is 0 Å². The van der Waals surface area contributed by atoms with E-state index in [1.54, 1.807) is 20.1 Å². The van der Waals surface area contributed by atoms with E-state index >= 15 is 0 Å². The van der Waals surface area contributed by atoms with E-state index in [1.807, 2.05) is 30.3 Å². The molecule has 0 aliphatic heterocycles. The van der Waals surface area contributed by atoms with Crippen molar-refractivity contribution in [3.8, 4) is 5.75 Å². The zero-order valence-electron chi connectivity index (χ0n) is 11.7. The molecule has 1 unspecified atom stereocenters. The average Bonchev–Trinajstić information content (AvgIpc) is 2.48. The highest BCUT2D eigenvalue weighted by Crippen LogP contribution is 2.25. The Bertz CT molecular complexity index is 586. The maximum atomic E-state index is 13.7. The molecule has 20 heavy (non-hydrogen) atoms. The molecule has 106 valence electrons. The number of methoxy groups -OCH3 is 1. The van der Waals surface area contributed by atoms with Crippen LogP contribution in [-0.4, -0.2) is 7.11 Å². The number of nitrogens with one attached hydrogen (secondary N) is 1. The maximum Gasteiger partial charge on any atom is 0.126 e. The standard InChI is InChI=1S/C16H19FN2O/c1-11-7-8-12(9-14(11)17)15(19-18)10-13-5-3-4-6-16(13)20-2/h3-9,15,19H,10,18H2,1-2H3. The van der Waals surface area contributed by atoms with Crippen LogP contribution in [0.15, 0.2) is 42.5 Å². The molecule has 0 amide bonds. The van der Waals surface area contributed by atoms with E-state index in [-0.39, 0.29) is 11.9 Å². The molecule has 0 saturated carbocycles. The summed E-state index contributed by atoms with van der Waals surface area (Å²) < 4.78 is 19.0. The molecule has 0 spiro atoms. The molecule has 0 aliphatic rings. The second-order valence-corrected chi connectivity index (χ2v) is 4.74. The number of aryl methyl sites for hydroxylation is 1. The SMILES string of the molecule is COc1ccccc1CC(NN)c1ccc(C)c(F)c1. The van der Waals surface area contributed by atoms with Crippen molar-refractivity contribution in [2.24, 2.45) is 5.84 Å². The molecule has 0 bridgehead atoms. The summed E-state index contributed by atoms with van der Waals surface area (Å²) in [5.41, 5.74) is 5.22. The van der Waals surface area contributed by atoms with Gasteiger partial charge in [-0.05, 0) is 42.2 Å². The minimum atomic E-state index is -0.220. The van der Waals surface area contributed by atoms with E-state index in [0.717, 1.165) is 16.9 Å². The maximum absolute atomic E-state index is 13.7. The average molecular weight is 274 g/mol. The fraction of sp³-hybridized carbons (Fsp3) is 0.250. The predicted molar refractivity (Wildman–Crippen MR) is 77.9 cm³/mol. The monoisotopic (exact) mass is 274 g/mol. The molecule has 0 fully saturated rings. The lowest BCUT2D eigenvalue weighted by Gasteiger charge is -2.18. The zero-order chi connectivity index (χ0) is 14.5. The van der Waals surface area contributed by atoms with Gasteiger partial charge in [0.1, 0.15) is 11.6 Å². The van der Waals surface area contributed by atoms with Gasteiger partial charge in [0.05, 0.1) is 13.2 Å². The summed E-state index contributed by atoms with van der Waals surface area (Å²) in [4.78, 5) is 0. The first-order valence-electron chi connectivity index (χ1n) is 6.49. The van der Waals surface area contributed by atoms with Gasteiger partial charge < -0.3 is 4.74 Å². The molecule has 3 nitrogen and oxygen atoms in total. The van der Waals surface area contributed by atoms with E-state index in [1.165, 1.54) is 6.07 Å². The lowest BCUT2D eigenvalue weighted by atomic mass is 9.98. The van der Waals surface area contributed by atoms with Gasteiger partial charge in [-0.25, -0.2) is 4.39 Å². The second kappa shape index (κ2) is 6.50. The zero-order valence-corrected chi connectivity index (χ0v) is 11.7. The molecule has 2 aromatic rings. The number of para-hydroxylation sites is 1. The third-order valence-corrected chi connectivity index (χ3v) is 3.42. The van der Waals surface area contributed by atoms with Crippen LogP contribution in [0.25, 0.3) is 0 Å². The van der Waals surface area contributed by atoms with Crippen LogP contribution in [0, 0.1) is 12.7 Å². The van der Waals surface area contributed by atoms with E-state index in [2.05, 4.69) is 5.43 Å². The van der Waals surface area contributed by atoms with Crippen molar-refractivity contribution in [2.75, 3.05) is 7.11 Å². The Labute approximate surface area is 118 Å². The van der Waals surface area contributed by atoms with Gasteiger partial charge in [0, 0.05) is 0 Å². The normalized spacial score (nSPS) is 12.2. The van der Waals surface area contributed by atoms with Crippen LogP contribution < -0.4 is 16.0 Å². The van der Waals surface area contributed by atoms with Crippen LogP contribution in [0.1, 0.15) is 22.7 Å². The highest BCUT2D eigenvalue weighted by Gasteiger charge is 2.14. The summed E-state index contributed by atoms with van der Waals surface area (Å²) >= 11 is 0. The largest absolute Gasteiger partial charge is 0.496 e. The molecule has 4 heteroatoms. The van der Waals surface area contributed by atoms with Gasteiger partial charge in [-0.2, -0.15) is 0 Å². The summed E-state index contributed by atoms with van der Waals surface area (Å²) in [6.45, 7) is 1.74. The number of hydrazine groups is 1. The van der Waals surface area contributed by atoms with Gasteiger partial charge in [-0.15, -0.1) is 0 Å². The lowest BCUT2D eigenvalue weighted by molar-refractivity contribution is 0.405. The van der Waals surface area contributed by atoms with Crippen LogP contribution in [0.5, 0.6) is 5.75 Å². The Morgan fingerprint density at radius 1 is 1.25 bits per heavy atom. The Balaban J connectivity index is 2.26. The molecule has 0 aromatic heterocycles. The number of nitrogens with two attached hydrogens (primary N) is 1. The number of ether oxygens (including phenoxy) is 1. The van der Waals surface area contributed by atoms with Crippen molar-refractivity contribution in [1.82, 2.24) is 5.43 Å². The van der Waals surface area contributed by atoms with Crippen molar-refractivity contribution >= 4 is 0 Å². The third-order valence-electron chi connectivity index (χ3n) is 3.42. The minimum absolute atomic E-state index is 0.165. The number of halogens is 1. The van der Waals surface area contributed by atoms with Crippen molar-refractivity contribution in [3.05, 3.63) is 65.0 Å². The lowest BCUT2D eigenvalue weighted by Crippen LogP contribution is -2.29. The number of hydrogen-bond acceptors (Lipinski definition) is 3. The van der Waals surface area contributed by atoms with E-state index in [4.69, 9.17) is 10.6 Å². The Hall–Kier alpha value is -1.91. The Kier molecular flexibility index (Phi) is 4.71. The van der Waals surface area contributed by atoms with Crippen LogP contribution in [0.4, 0.5) is 4.39 Å². The molecule has 0 heterocycles. The smallest absolute Gasteiger partial charge is 0.126 e. The summed E-state index contributed by atoms with van der Waals surface area (Å²) in [6, 6.07) is 12.7. The van der Waals surface area contributed by atoms with Crippen LogP contribution in [0.2, 0.25) is 0 Å². The first-order valence-corrected chi connectivity index (χ1v) is 6.49. The molecular weight excluding hydrogens is 255 g/mol. The van der Waals surface area contributed by atoms with E-state index in [9.17, 15) is 4.39 Å². The van der Waals surface area contributed by atoms with Crippen molar-refractivity contribution in [1.29, 1.82) is 0 Å². The molecular formula is C16H19FN2O. The molecule has 0 radical (unpaired) electrons. The van der Waals surface area contributed by atoms with E-state index in [0.29, 0.717) is 12.0 Å². The van der Waals surface area contributed by atoms with Crippen molar-refractivity contribution < 1.29 is 9.13 Å². The van der Waals surface area contributed by atoms with Gasteiger partial charge in [0.15, 0.2) is 0 Å². The van der Waals surface area contributed by atoms with Crippen LogP contribution >= 0.6 is 0 Å². The van der Waals surface area contributed by atoms with Gasteiger partial charge in [-0.1, -0.05) is 30.3 Å². The Morgan fingerprint density at radius 2 is 2.00 bits per heavy atom. The molecule has 2 aromatic carbocycles. The molecule has 3 N–H and O–H groups in total. The summed E-state index contributed by atoms with van der Waals surface area (Å²) in [5.74, 6) is 6.21. The number of hydrogen-bond donors (Lipinski definition) is 2. The minimum Gasteiger partial charge on any atom is -0.496 e. The fourth-order valence-corrected chi connectivity index (χ4v) is 2.19. The highest BCUT2D eigenvalue weighted by molar-refractivity contribution is 5.35. The summed E-state index contributed by atoms with van der Waals surface area (Å²) in [7, 11) is 1.63. The van der Waals surface area contributed by atoms with Crippen molar-refractivity contribution in [2.45, 2.75) is 19.4 Å². The Morgan fingerprint density at radius 3 is 2.65 bits per heavy atom. The fourth-order valence-electron chi connectivity index (χ4n) is 2.19. The van der Waals surface area contributed by atoms with Gasteiger partial charge in [0.2, 0.25) is 0 Å². The van der Waals surface area contributed by atoms with Gasteiger partial charge in [-0.3, -0.25) is 11.3 Å². The molecule has 0 aliphatic carbocycles. The van der Waals surface area contributed by atoms with Gasteiger partial charge in [0.25, 0.3) is 0 Å². The van der Waals surface area contributed by atoms with Crippen LogP contribution in [-0.2, 0) is 6.42 Å². The summed E-state index contributed by atoms with van der Waals surface area (Å²) in [6.07, 6.45) is 0.628. The molecule has 0 saturated heterocycles. The first kappa shape index (κ1) is 14.5. The highest BCUT2D eigenvalue weighted by atomic mass is 19.1. The van der Waals surface area contributed by atoms with Gasteiger partial charge >= 0.3 is 0 Å².